The Morgan fingerprint density at radius 3 is 3.22 bits per heavy atom. The molecule has 0 amide bonds. The molecule has 2 aromatic heterocycles. The van der Waals surface area contributed by atoms with Gasteiger partial charge in [-0.25, -0.2) is 9.97 Å². The van der Waals surface area contributed by atoms with Crippen molar-refractivity contribution < 1.29 is 0 Å². The molecule has 1 N–H and O–H groups in total. The normalized spacial score (nSPS) is 20.0. The highest BCUT2D eigenvalue weighted by molar-refractivity contribution is 5.86. The van der Waals surface area contributed by atoms with Crippen molar-refractivity contribution in [3.05, 3.63) is 12.0 Å². The van der Waals surface area contributed by atoms with E-state index in [0.29, 0.717) is 0 Å². The lowest BCUT2D eigenvalue weighted by Crippen LogP contribution is -2.35. The van der Waals surface area contributed by atoms with Crippen LogP contribution in [0.4, 0.5) is 5.82 Å². The monoisotopic (exact) mass is 242 g/mol. The van der Waals surface area contributed by atoms with Crippen molar-refractivity contribution in [3.8, 4) is 6.07 Å². The number of anilines is 1. The molecule has 1 fully saturated rings. The van der Waals surface area contributed by atoms with E-state index in [1.165, 1.54) is 0 Å². The third kappa shape index (κ3) is 1.78. The Morgan fingerprint density at radius 2 is 2.39 bits per heavy atom. The van der Waals surface area contributed by atoms with E-state index in [4.69, 9.17) is 5.26 Å². The summed E-state index contributed by atoms with van der Waals surface area (Å²) in [6.45, 7) is 3.55. The fourth-order valence-electron chi connectivity index (χ4n) is 2.44. The van der Waals surface area contributed by atoms with Crippen LogP contribution < -0.4 is 4.90 Å². The lowest BCUT2D eigenvalue weighted by atomic mass is 9.99. The van der Waals surface area contributed by atoms with E-state index in [9.17, 15) is 0 Å². The molecule has 3 heterocycles. The molecule has 0 aliphatic carbocycles. The molecule has 2 aromatic rings. The number of aromatic amines is 1. The zero-order chi connectivity index (χ0) is 12.5. The fraction of sp³-hybridized carbons (Fsp3) is 0.500. The predicted octanol–water partition coefficient (Wildman–Crippen LogP) is 1.40. The molecule has 1 aliphatic heterocycles. The molecule has 0 aromatic carbocycles. The summed E-state index contributed by atoms with van der Waals surface area (Å²) in [6.07, 6.45) is 3.76. The molecule has 0 spiro atoms. The molecule has 1 saturated heterocycles. The minimum absolute atomic E-state index is 0.0935. The van der Waals surface area contributed by atoms with Crippen molar-refractivity contribution in [1.82, 2.24) is 20.2 Å². The van der Waals surface area contributed by atoms with Crippen LogP contribution in [0.1, 0.15) is 18.7 Å². The third-order valence-corrected chi connectivity index (χ3v) is 3.30. The van der Waals surface area contributed by atoms with Crippen LogP contribution in [0.15, 0.2) is 6.20 Å². The number of aromatic nitrogens is 4. The van der Waals surface area contributed by atoms with E-state index in [1.54, 1.807) is 6.20 Å². The Hall–Kier alpha value is -2.16. The highest BCUT2D eigenvalue weighted by atomic mass is 15.2. The van der Waals surface area contributed by atoms with Gasteiger partial charge in [0.1, 0.15) is 11.6 Å². The number of nitrogens with zero attached hydrogens (tertiary/aromatic N) is 5. The SMILES string of the molecule is Cc1nc(N2CCCC(C#N)C2)c2cn[nH]c2n1. The lowest BCUT2D eigenvalue weighted by molar-refractivity contribution is 0.491. The second-order valence-corrected chi connectivity index (χ2v) is 4.64. The molecule has 0 saturated carbocycles. The van der Waals surface area contributed by atoms with Gasteiger partial charge in [-0.05, 0) is 19.8 Å². The number of fused-ring (bicyclic) bond motifs is 1. The molecule has 1 aliphatic rings. The maximum atomic E-state index is 9.06. The molecule has 3 rings (SSSR count). The van der Waals surface area contributed by atoms with Gasteiger partial charge in [0.15, 0.2) is 5.65 Å². The summed E-state index contributed by atoms with van der Waals surface area (Å²) >= 11 is 0. The van der Waals surface area contributed by atoms with Gasteiger partial charge in [-0.1, -0.05) is 0 Å². The fourth-order valence-corrected chi connectivity index (χ4v) is 2.44. The van der Waals surface area contributed by atoms with Gasteiger partial charge in [0.05, 0.1) is 23.6 Å². The lowest BCUT2D eigenvalue weighted by Gasteiger charge is -2.30. The molecular formula is C12H14N6. The molecule has 6 nitrogen and oxygen atoms in total. The Morgan fingerprint density at radius 1 is 1.50 bits per heavy atom. The first-order valence-corrected chi connectivity index (χ1v) is 6.10. The van der Waals surface area contributed by atoms with E-state index < -0.39 is 0 Å². The van der Waals surface area contributed by atoms with Crippen LogP contribution in [0.25, 0.3) is 11.0 Å². The van der Waals surface area contributed by atoms with Crippen LogP contribution in [0.5, 0.6) is 0 Å². The second-order valence-electron chi connectivity index (χ2n) is 4.64. The number of nitriles is 1. The Balaban J connectivity index is 2.03. The molecule has 6 heteroatoms. The maximum absolute atomic E-state index is 9.06. The van der Waals surface area contributed by atoms with Crippen LogP contribution in [0.3, 0.4) is 0 Å². The summed E-state index contributed by atoms with van der Waals surface area (Å²) < 4.78 is 0. The molecule has 1 atom stereocenters. The predicted molar refractivity (Wildman–Crippen MR) is 67.0 cm³/mol. The Bertz CT molecular complexity index is 611. The molecule has 0 bridgehead atoms. The zero-order valence-electron chi connectivity index (χ0n) is 10.2. The van der Waals surface area contributed by atoms with Crippen molar-refractivity contribution >= 4 is 16.9 Å². The first-order valence-electron chi connectivity index (χ1n) is 6.10. The topological polar surface area (TPSA) is 81.5 Å². The van der Waals surface area contributed by atoms with Crippen molar-refractivity contribution in [2.45, 2.75) is 19.8 Å². The van der Waals surface area contributed by atoms with E-state index in [-0.39, 0.29) is 5.92 Å². The van der Waals surface area contributed by atoms with Gasteiger partial charge in [-0.3, -0.25) is 5.10 Å². The maximum Gasteiger partial charge on any atom is 0.161 e. The summed E-state index contributed by atoms with van der Waals surface area (Å²) in [5, 5.41) is 16.9. The van der Waals surface area contributed by atoms with E-state index in [1.807, 2.05) is 6.92 Å². The summed E-state index contributed by atoms with van der Waals surface area (Å²) in [5.41, 5.74) is 0.761. The minimum Gasteiger partial charge on any atom is -0.355 e. The summed E-state index contributed by atoms with van der Waals surface area (Å²) in [6, 6.07) is 2.35. The van der Waals surface area contributed by atoms with Crippen LogP contribution in [0, 0.1) is 24.2 Å². The first kappa shape index (κ1) is 11.0. The quantitative estimate of drug-likeness (QED) is 0.817. The van der Waals surface area contributed by atoms with Gasteiger partial charge < -0.3 is 4.90 Å². The van der Waals surface area contributed by atoms with E-state index in [0.717, 1.165) is 48.6 Å². The summed E-state index contributed by atoms with van der Waals surface area (Å²) in [5.74, 6) is 1.71. The van der Waals surface area contributed by atoms with Crippen molar-refractivity contribution in [3.63, 3.8) is 0 Å². The van der Waals surface area contributed by atoms with Gasteiger partial charge in [0.25, 0.3) is 0 Å². The second kappa shape index (κ2) is 4.26. The Kier molecular flexibility index (Phi) is 2.59. The Labute approximate surface area is 105 Å². The first-order chi connectivity index (χ1) is 8.78. The number of H-pyrrole nitrogens is 1. The number of rotatable bonds is 1. The van der Waals surface area contributed by atoms with Gasteiger partial charge in [-0.2, -0.15) is 10.4 Å². The van der Waals surface area contributed by atoms with Gasteiger partial charge >= 0.3 is 0 Å². The average molecular weight is 242 g/mol. The third-order valence-electron chi connectivity index (χ3n) is 3.30. The number of nitrogens with one attached hydrogen (secondary N) is 1. The van der Waals surface area contributed by atoms with Crippen LogP contribution in [0.2, 0.25) is 0 Å². The number of aryl methyl sites for hydroxylation is 1. The largest absolute Gasteiger partial charge is 0.355 e. The van der Waals surface area contributed by atoms with Crippen molar-refractivity contribution in [2.75, 3.05) is 18.0 Å². The number of hydrogen-bond donors (Lipinski definition) is 1. The van der Waals surface area contributed by atoms with Crippen molar-refractivity contribution in [1.29, 1.82) is 5.26 Å². The average Bonchev–Trinajstić information content (AvgIpc) is 2.85. The molecule has 92 valence electrons. The smallest absolute Gasteiger partial charge is 0.161 e. The van der Waals surface area contributed by atoms with Gasteiger partial charge in [-0.15, -0.1) is 0 Å². The van der Waals surface area contributed by atoms with Gasteiger partial charge in [0.2, 0.25) is 0 Å². The highest BCUT2D eigenvalue weighted by Crippen LogP contribution is 2.26. The molecule has 18 heavy (non-hydrogen) atoms. The molecule has 0 radical (unpaired) electrons. The highest BCUT2D eigenvalue weighted by Gasteiger charge is 2.22. The van der Waals surface area contributed by atoms with Crippen LogP contribution in [-0.4, -0.2) is 33.3 Å². The minimum atomic E-state index is 0.0935. The molecule has 1 unspecified atom stereocenters. The van der Waals surface area contributed by atoms with Crippen molar-refractivity contribution in [2.24, 2.45) is 5.92 Å². The number of hydrogen-bond acceptors (Lipinski definition) is 5. The number of piperidine rings is 1. The van der Waals surface area contributed by atoms with Crippen LogP contribution >= 0.6 is 0 Å². The van der Waals surface area contributed by atoms with E-state index in [2.05, 4.69) is 31.1 Å². The van der Waals surface area contributed by atoms with E-state index >= 15 is 0 Å². The molecular weight excluding hydrogens is 228 g/mol. The standard InChI is InChI=1S/C12H14N6/c1-8-15-11-10(6-14-17-11)12(16-8)18-4-2-3-9(5-13)7-18/h6,9H,2-4,7H2,1H3,(H,14,15,16,17). The summed E-state index contributed by atoms with van der Waals surface area (Å²) in [4.78, 5) is 11.0. The van der Waals surface area contributed by atoms with Gasteiger partial charge in [0, 0.05) is 13.1 Å². The van der Waals surface area contributed by atoms with Crippen LogP contribution in [-0.2, 0) is 0 Å². The zero-order valence-corrected chi connectivity index (χ0v) is 10.2. The summed E-state index contributed by atoms with van der Waals surface area (Å²) in [7, 11) is 0.